The Morgan fingerprint density at radius 3 is 3.00 bits per heavy atom. The second-order valence-electron chi connectivity index (χ2n) is 7.07. The van der Waals surface area contributed by atoms with Gasteiger partial charge < -0.3 is 10.2 Å². The van der Waals surface area contributed by atoms with Gasteiger partial charge in [0, 0.05) is 19.3 Å². The van der Waals surface area contributed by atoms with E-state index in [4.69, 9.17) is 0 Å². The van der Waals surface area contributed by atoms with Crippen LogP contribution in [0, 0.1) is 11.8 Å². The summed E-state index contributed by atoms with van der Waals surface area (Å²) < 4.78 is 0. The summed E-state index contributed by atoms with van der Waals surface area (Å²) in [5.74, 6) is 2.44. The van der Waals surface area contributed by atoms with E-state index in [0.29, 0.717) is 0 Å². The van der Waals surface area contributed by atoms with E-state index in [9.17, 15) is 0 Å². The maximum atomic E-state index is 3.61. The number of hydrogen-bond acceptors (Lipinski definition) is 2. The van der Waals surface area contributed by atoms with Crippen molar-refractivity contribution < 1.29 is 0 Å². The van der Waals surface area contributed by atoms with E-state index in [-0.39, 0.29) is 0 Å². The fraction of sp³-hybridized carbons (Fsp3) is 0.667. The molecule has 1 heterocycles. The van der Waals surface area contributed by atoms with Gasteiger partial charge in [-0.1, -0.05) is 26.0 Å². The van der Waals surface area contributed by atoms with Crippen LogP contribution in [0.2, 0.25) is 0 Å². The molecular weight excluding hydrogens is 244 g/mol. The van der Waals surface area contributed by atoms with Crippen molar-refractivity contribution in [1.29, 1.82) is 0 Å². The predicted octanol–water partition coefficient (Wildman–Crippen LogP) is 3.42. The Kier molecular flexibility index (Phi) is 4.02. The molecule has 2 aliphatic rings. The molecule has 2 heteroatoms. The number of benzene rings is 1. The Balaban J connectivity index is 1.59. The quantitative estimate of drug-likeness (QED) is 0.883. The van der Waals surface area contributed by atoms with Crippen molar-refractivity contribution in [3.63, 3.8) is 0 Å². The van der Waals surface area contributed by atoms with Crippen molar-refractivity contribution in [2.45, 2.75) is 39.0 Å². The van der Waals surface area contributed by atoms with Gasteiger partial charge in [-0.05, 0) is 67.3 Å². The molecule has 0 saturated heterocycles. The van der Waals surface area contributed by atoms with Gasteiger partial charge in [0.25, 0.3) is 0 Å². The Labute approximate surface area is 123 Å². The molecule has 1 N–H and O–H groups in total. The molecule has 1 aliphatic heterocycles. The Morgan fingerprint density at radius 2 is 2.20 bits per heavy atom. The molecule has 3 rings (SSSR count). The molecule has 2 unspecified atom stereocenters. The van der Waals surface area contributed by atoms with E-state index in [1.165, 1.54) is 38.0 Å². The summed E-state index contributed by atoms with van der Waals surface area (Å²) in [6, 6.07) is 7.20. The zero-order valence-corrected chi connectivity index (χ0v) is 13.2. The largest absolute Gasteiger partial charge is 0.374 e. The lowest BCUT2D eigenvalue weighted by molar-refractivity contribution is 0.532. The van der Waals surface area contributed by atoms with Gasteiger partial charge in [0.1, 0.15) is 0 Å². The van der Waals surface area contributed by atoms with Gasteiger partial charge in [0.05, 0.1) is 0 Å². The average Bonchev–Trinajstić information content (AvgIpc) is 3.18. The number of fused-ring (bicyclic) bond motifs is 1. The van der Waals surface area contributed by atoms with Gasteiger partial charge in [-0.3, -0.25) is 0 Å². The zero-order chi connectivity index (χ0) is 14.1. The lowest BCUT2D eigenvalue weighted by atomic mass is 9.97. The van der Waals surface area contributed by atoms with Crippen molar-refractivity contribution >= 4 is 5.69 Å². The second-order valence-corrected chi connectivity index (χ2v) is 7.07. The number of nitrogens with zero attached hydrogens (tertiary/aromatic N) is 1. The van der Waals surface area contributed by atoms with Crippen LogP contribution in [0.15, 0.2) is 18.2 Å². The highest BCUT2D eigenvalue weighted by molar-refractivity contribution is 5.57. The summed E-state index contributed by atoms with van der Waals surface area (Å²) in [5.41, 5.74) is 4.60. The van der Waals surface area contributed by atoms with E-state index in [2.05, 4.69) is 49.3 Å². The normalized spacial score (nSPS) is 24.9. The first-order chi connectivity index (χ1) is 9.65. The van der Waals surface area contributed by atoms with Crippen molar-refractivity contribution in [1.82, 2.24) is 5.32 Å². The lowest BCUT2D eigenvalue weighted by Gasteiger charge is -2.27. The summed E-state index contributed by atoms with van der Waals surface area (Å²) in [5, 5.41) is 3.61. The van der Waals surface area contributed by atoms with Crippen LogP contribution in [0.1, 0.15) is 43.7 Å². The molecule has 1 fully saturated rings. The summed E-state index contributed by atoms with van der Waals surface area (Å²) in [7, 11) is 2.22. The maximum absolute atomic E-state index is 3.61. The zero-order valence-electron chi connectivity index (χ0n) is 13.2. The van der Waals surface area contributed by atoms with Crippen LogP contribution in [0.25, 0.3) is 0 Å². The SMILES string of the molecule is CC(C)CNCC1CC1c1ccc2c(c1)CCCN2C. The molecule has 0 aromatic heterocycles. The molecule has 0 radical (unpaired) electrons. The van der Waals surface area contributed by atoms with Crippen molar-refractivity contribution in [2.75, 3.05) is 31.6 Å². The minimum Gasteiger partial charge on any atom is -0.374 e. The summed E-state index contributed by atoms with van der Waals surface area (Å²) in [6.45, 7) is 8.10. The van der Waals surface area contributed by atoms with Crippen LogP contribution < -0.4 is 10.2 Å². The average molecular weight is 272 g/mol. The topological polar surface area (TPSA) is 15.3 Å². The molecule has 0 bridgehead atoms. The van der Waals surface area contributed by atoms with Crippen LogP contribution in [0.4, 0.5) is 5.69 Å². The molecule has 1 aromatic rings. The third kappa shape index (κ3) is 3.01. The van der Waals surface area contributed by atoms with Gasteiger partial charge in [0.15, 0.2) is 0 Å². The summed E-state index contributed by atoms with van der Waals surface area (Å²) >= 11 is 0. The van der Waals surface area contributed by atoms with Crippen LogP contribution >= 0.6 is 0 Å². The lowest BCUT2D eigenvalue weighted by Crippen LogP contribution is -2.24. The maximum Gasteiger partial charge on any atom is 0.0396 e. The number of aryl methyl sites for hydroxylation is 1. The molecule has 0 amide bonds. The van der Waals surface area contributed by atoms with E-state index in [1.807, 2.05) is 0 Å². The molecule has 1 aromatic carbocycles. The smallest absolute Gasteiger partial charge is 0.0396 e. The van der Waals surface area contributed by atoms with Gasteiger partial charge >= 0.3 is 0 Å². The van der Waals surface area contributed by atoms with Crippen LogP contribution in [0.3, 0.4) is 0 Å². The monoisotopic (exact) mass is 272 g/mol. The Hall–Kier alpha value is -1.02. The molecule has 1 aliphatic carbocycles. The van der Waals surface area contributed by atoms with Crippen LogP contribution in [-0.2, 0) is 6.42 Å². The number of nitrogens with one attached hydrogen (secondary N) is 1. The highest BCUT2D eigenvalue weighted by Gasteiger charge is 2.38. The van der Waals surface area contributed by atoms with Crippen LogP contribution in [-0.4, -0.2) is 26.7 Å². The van der Waals surface area contributed by atoms with Crippen LogP contribution in [0.5, 0.6) is 0 Å². The molecule has 110 valence electrons. The van der Waals surface area contributed by atoms with E-state index in [1.54, 1.807) is 11.1 Å². The van der Waals surface area contributed by atoms with Crippen molar-refractivity contribution in [3.05, 3.63) is 29.3 Å². The fourth-order valence-electron chi connectivity index (χ4n) is 3.47. The van der Waals surface area contributed by atoms with Gasteiger partial charge in [0.2, 0.25) is 0 Å². The fourth-order valence-corrected chi connectivity index (χ4v) is 3.47. The summed E-state index contributed by atoms with van der Waals surface area (Å²) in [4.78, 5) is 2.40. The minimum absolute atomic E-state index is 0.756. The summed E-state index contributed by atoms with van der Waals surface area (Å²) in [6.07, 6.45) is 3.94. The first-order valence-electron chi connectivity index (χ1n) is 8.20. The highest BCUT2D eigenvalue weighted by atomic mass is 15.1. The van der Waals surface area contributed by atoms with Gasteiger partial charge in [-0.25, -0.2) is 0 Å². The number of rotatable bonds is 5. The number of anilines is 1. The Morgan fingerprint density at radius 1 is 1.35 bits per heavy atom. The van der Waals surface area contributed by atoms with Gasteiger partial charge in [-0.15, -0.1) is 0 Å². The van der Waals surface area contributed by atoms with Gasteiger partial charge in [-0.2, -0.15) is 0 Å². The third-order valence-electron chi connectivity index (χ3n) is 4.76. The van der Waals surface area contributed by atoms with Crippen molar-refractivity contribution in [3.8, 4) is 0 Å². The molecule has 0 spiro atoms. The first kappa shape index (κ1) is 13.9. The van der Waals surface area contributed by atoms with E-state index >= 15 is 0 Å². The number of hydrogen-bond donors (Lipinski definition) is 1. The van der Waals surface area contributed by atoms with E-state index in [0.717, 1.165) is 24.3 Å². The van der Waals surface area contributed by atoms with Crippen molar-refractivity contribution in [2.24, 2.45) is 11.8 Å². The second kappa shape index (κ2) is 5.77. The Bertz CT molecular complexity index is 466. The molecule has 2 nitrogen and oxygen atoms in total. The molecule has 20 heavy (non-hydrogen) atoms. The van der Waals surface area contributed by atoms with E-state index < -0.39 is 0 Å². The first-order valence-corrected chi connectivity index (χ1v) is 8.20. The predicted molar refractivity (Wildman–Crippen MR) is 86.6 cm³/mol. The molecule has 2 atom stereocenters. The standard InChI is InChI=1S/C18H28N2/c1-13(2)11-19-12-16-10-17(16)14-6-7-18-15(9-14)5-4-8-20(18)3/h6-7,9,13,16-17,19H,4-5,8,10-12H2,1-3H3. The molecular formula is C18H28N2. The molecule has 1 saturated carbocycles. The minimum atomic E-state index is 0.756. The highest BCUT2D eigenvalue weighted by Crippen LogP contribution is 2.48. The third-order valence-corrected chi connectivity index (χ3v) is 4.76.